The predicted molar refractivity (Wildman–Crippen MR) is 77.8 cm³/mol. The maximum absolute atomic E-state index is 5.11. The van der Waals surface area contributed by atoms with Crippen LogP contribution in [0, 0.1) is 5.92 Å². The lowest BCUT2D eigenvalue weighted by atomic mass is 9.98. The van der Waals surface area contributed by atoms with E-state index in [0.29, 0.717) is 18.6 Å². The first-order chi connectivity index (χ1) is 8.60. The highest BCUT2D eigenvalue weighted by Crippen LogP contribution is 2.19. The number of nitrogens with zero attached hydrogens (tertiary/aromatic N) is 2. The number of nitrogens with one attached hydrogen (secondary N) is 1. The standard InChI is InChI=1S/C13H24BrN3O/c1-10(2)12(15-3)5-6-13-11(14)9-16-17(13)7-8-18-4/h9-10,12,15H,5-8H2,1-4H3. The van der Waals surface area contributed by atoms with Crippen LogP contribution in [0.25, 0.3) is 0 Å². The van der Waals surface area contributed by atoms with Gasteiger partial charge in [0.25, 0.3) is 0 Å². The van der Waals surface area contributed by atoms with Crippen molar-refractivity contribution < 1.29 is 4.74 Å². The highest BCUT2D eigenvalue weighted by Gasteiger charge is 2.14. The topological polar surface area (TPSA) is 39.1 Å². The van der Waals surface area contributed by atoms with Crippen molar-refractivity contribution in [2.24, 2.45) is 5.92 Å². The fraction of sp³-hybridized carbons (Fsp3) is 0.769. The molecule has 0 aliphatic carbocycles. The Labute approximate surface area is 118 Å². The SMILES string of the molecule is CNC(CCc1c(Br)cnn1CCOC)C(C)C. The molecular formula is C13H24BrN3O. The summed E-state index contributed by atoms with van der Waals surface area (Å²) in [7, 11) is 3.75. The van der Waals surface area contributed by atoms with Crippen LogP contribution in [0.15, 0.2) is 10.7 Å². The molecule has 0 bridgehead atoms. The number of aromatic nitrogens is 2. The molecule has 18 heavy (non-hydrogen) atoms. The summed E-state index contributed by atoms with van der Waals surface area (Å²) >= 11 is 3.57. The van der Waals surface area contributed by atoms with Crippen molar-refractivity contribution in [3.63, 3.8) is 0 Å². The number of rotatable bonds is 8. The van der Waals surface area contributed by atoms with Crippen LogP contribution in [0.2, 0.25) is 0 Å². The van der Waals surface area contributed by atoms with Gasteiger partial charge in [0.15, 0.2) is 0 Å². The van der Waals surface area contributed by atoms with Crippen LogP contribution < -0.4 is 5.32 Å². The van der Waals surface area contributed by atoms with Crippen molar-refractivity contribution in [1.82, 2.24) is 15.1 Å². The Bertz CT molecular complexity index is 352. The largest absolute Gasteiger partial charge is 0.383 e. The van der Waals surface area contributed by atoms with E-state index in [1.807, 2.05) is 17.9 Å². The Hall–Kier alpha value is -0.390. The summed E-state index contributed by atoms with van der Waals surface area (Å²) in [5.41, 5.74) is 1.26. The third-order valence-electron chi connectivity index (χ3n) is 3.27. The fourth-order valence-electron chi connectivity index (χ4n) is 2.11. The molecule has 1 aromatic heterocycles. The van der Waals surface area contributed by atoms with Gasteiger partial charge in [0.05, 0.1) is 29.5 Å². The van der Waals surface area contributed by atoms with Crippen molar-refractivity contribution in [3.05, 3.63) is 16.4 Å². The molecule has 1 heterocycles. The molecular weight excluding hydrogens is 294 g/mol. The summed E-state index contributed by atoms with van der Waals surface area (Å²) in [6.45, 7) is 6.00. The molecule has 104 valence electrons. The summed E-state index contributed by atoms with van der Waals surface area (Å²) in [6.07, 6.45) is 4.01. The maximum Gasteiger partial charge on any atom is 0.0658 e. The lowest BCUT2D eigenvalue weighted by molar-refractivity contribution is 0.182. The van der Waals surface area contributed by atoms with E-state index in [1.165, 1.54) is 5.69 Å². The van der Waals surface area contributed by atoms with E-state index < -0.39 is 0 Å². The lowest BCUT2D eigenvalue weighted by Crippen LogP contribution is -2.31. The number of hydrogen-bond donors (Lipinski definition) is 1. The molecule has 4 nitrogen and oxygen atoms in total. The Morgan fingerprint density at radius 3 is 2.78 bits per heavy atom. The first kappa shape index (κ1) is 15.7. The van der Waals surface area contributed by atoms with Crippen LogP contribution >= 0.6 is 15.9 Å². The van der Waals surface area contributed by atoms with Gasteiger partial charge in [0.2, 0.25) is 0 Å². The van der Waals surface area contributed by atoms with Gasteiger partial charge in [-0.05, 0) is 41.7 Å². The van der Waals surface area contributed by atoms with E-state index in [2.05, 4.69) is 40.2 Å². The van der Waals surface area contributed by atoms with Crippen molar-refractivity contribution in [2.75, 3.05) is 20.8 Å². The molecule has 0 aliphatic heterocycles. The molecule has 1 N–H and O–H groups in total. The molecule has 1 unspecified atom stereocenters. The van der Waals surface area contributed by atoms with Gasteiger partial charge in [-0.15, -0.1) is 0 Å². The molecule has 0 radical (unpaired) electrons. The highest BCUT2D eigenvalue weighted by molar-refractivity contribution is 9.10. The molecule has 0 aromatic carbocycles. The normalized spacial score (nSPS) is 13.2. The molecule has 0 spiro atoms. The quantitative estimate of drug-likeness (QED) is 0.800. The third-order valence-corrected chi connectivity index (χ3v) is 3.94. The van der Waals surface area contributed by atoms with Crippen molar-refractivity contribution in [1.29, 1.82) is 0 Å². The van der Waals surface area contributed by atoms with Crippen molar-refractivity contribution >= 4 is 15.9 Å². The minimum atomic E-state index is 0.544. The van der Waals surface area contributed by atoms with Crippen LogP contribution in [0.1, 0.15) is 26.0 Å². The van der Waals surface area contributed by atoms with Crippen LogP contribution in [0.5, 0.6) is 0 Å². The summed E-state index contributed by atoms with van der Waals surface area (Å²) < 4.78 is 8.23. The van der Waals surface area contributed by atoms with Crippen LogP contribution in [-0.2, 0) is 17.7 Å². The van der Waals surface area contributed by atoms with Crippen molar-refractivity contribution in [3.8, 4) is 0 Å². The second-order valence-corrected chi connectivity index (χ2v) is 5.69. The van der Waals surface area contributed by atoms with Gasteiger partial charge in [0.1, 0.15) is 0 Å². The molecule has 0 saturated carbocycles. The third kappa shape index (κ3) is 4.37. The van der Waals surface area contributed by atoms with E-state index >= 15 is 0 Å². The first-order valence-electron chi connectivity index (χ1n) is 6.46. The fourth-order valence-corrected chi connectivity index (χ4v) is 2.60. The zero-order valence-electron chi connectivity index (χ0n) is 11.7. The van der Waals surface area contributed by atoms with Gasteiger partial charge < -0.3 is 10.1 Å². The highest BCUT2D eigenvalue weighted by atomic mass is 79.9. The summed E-state index contributed by atoms with van der Waals surface area (Å²) in [5, 5.41) is 7.75. The number of methoxy groups -OCH3 is 1. The zero-order valence-corrected chi connectivity index (χ0v) is 13.3. The molecule has 5 heteroatoms. The molecule has 0 fully saturated rings. The Morgan fingerprint density at radius 1 is 1.50 bits per heavy atom. The molecule has 1 rings (SSSR count). The minimum absolute atomic E-state index is 0.544. The van der Waals surface area contributed by atoms with Gasteiger partial charge in [-0.25, -0.2) is 0 Å². The minimum Gasteiger partial charge on any atom is -0.383 e. The van der Waals surface area contributed by atoms with Gasteiger partial charge in [0, 0.05) is 13.2 Å². The molecule has 0 amide bonds. The second-order valence-electron chi connectivity index (χ2n) is 4.83. The molecule has 0 saturated heterocycles. The average molecular weight is 318 g/mol. The summed E-state index contributed by atoms with van der Waals surface area (Å²) in [5.74, 6) is 0.643. The van der Waals surface area contributed by atoms with Crippen LogP contribution in [-0.4, -0.2) is 36.6 Å². The molecule has 0 aliphatic rings. The molecule has 1 aromatic rings. The summed E-state index contributed by atoms with van der Waals surface area (Å²) in [4.78, 5) is 0. The average Bonchev–Trinajstić information content (AvgIpc) is 2.68. The van der Waals surface area contributed by atoms with E-state index in [1.54, 1.807) is 7.11 Å². The van der Waals surface area contributed by atoms with Gasteiger partial charge in [-0.3, -0.25) is 4.68 Å². The van der Waals surface area contributed by atoms with Crippen molar-refractivity contribution in [2.45, 2.75) is 39.3 Å². The Kier molecular flexibility index (Phi) is 6.89. The Morgan fingerprint density at radius 2 is 2.22 bits per heavy atom. The summed E-state index contributed by atoms with van der Waals surface area (Å²) in [6, 6.07) is 0.544. The van der Waals surface area contributed by atoms with E-state index in [9.17, 15) is 0 Å². The Balaban J connectivity index is 2.62. The van der Waals surface area contributed by atoms with E-state index in [4.69, 9.17) is 4.74 Å². The smallest absolute Gasteiger partial charge is 0.0658 e. The van der Waals surface area contributed by atoms with Crippen LogP contribution in [0.3, 0.4) is 0 Å². The number of ether oxygens (including phenoxy) is 1. The van der Waals surface area contributed by atoms with Crippen LogP contribution in [0.4, 0.5) is 0 Å². The number of halogens is 1. The van der Waals surface area contributed by atoms with Gasteiger partial charge in [-0.1, -0.05) is 13.8 Å². The second kappa shape index (κ2) is 7.92. The van der Waals surface area contributed by atoms with Gasteiger partial charge in [-0.2, -0.15) is 5.10 Å². The predicted octanol–water partition coefficient (Wildman–Crippen LogP) is 2.47. The molecule has 1 atom stereocenters. The van der Waals surface area contributed by atoms with Gasteiger partial charge >= 0.3 is 0 Å². The van der Waals surface area contributed by atoms with E-state index in [-0.39, 0.29) is 0 Å². The number of hydrogen-bond acceptors (Lipinski definition) is 3. The lowest BCUT2D eigenvalue weighted by Gasteiger charge is -2.20. The maximum atomic E-state index is 5.11. The van der Waals surface area contributed by atoms with E-state index in [0.717, 1.165) is 23.9 Å². The monoisotopic (exact) mass is 317 g/mol. The zero-order chi connectivity index (χ0) is 13.5. The first-order valence-corrected chi connectivity index (χ1v) is 7.25.